The topological polar surface area (TPSA) is 86.9 Å². The third kappa shape index (κ3) is 1.88. The Kier molecular flexibility index (Phi) is 2.59. The summed E-state index contributed by atoms with van der Waals surface area (Å²) < 4.78 is 1.58. The Hall–Kier alpha value is -2.30. The first kappa shape index (κ1) is 10.2. The molecule has 4 N–H and O–H groups in total. The van der Waals surface area contributed by atoms with Crippen LogP contribution in [0.4, 0.5) is 5.82 Å². The van der Waals surface area contributed by atoms with Crippen molar-refractivity contribution in [1.29, 1.82) is 0 Å². The van der Waals surface area contributed by atoms with Crippen LogP contribution in [0, 0.1) is 0 Å². The van der Waals surface area contributed by atoms with E-state index in [0.29, 0.717) is 0 Å². The Labute approximate surface area is 92.7 Å². The molecule has 0 aromatic carbocycles. The molecule has 1 aromatic heterocycles. The SMILES string of the molecule is NC(=O)c1cn(C2=CC=CC=CC2)nc1N. The number of carbonyl (C=O) groups is 1. The van der Waals surface area contributed by atoms with E-state index in [-0.39, 0.29) is 11.4 Å². The van der Waals surface area contributed by atoms with Gasteiger partial charge in [0.25, 0.3) is 5.91 Å². The average Bonchev–Trinajstić information content (AvgIpc) is 2.50. The van der Waals surface area contributed by atoms with Gasteiger partial charge in [0.05, 0.1) is 0 Å². The van der Waals surface area contributed by atoms with E-state index in [1.165, 1.54) is 0 Å². The predicted octanol–water partition coefficient (Wildman–Crippen LogP) is 0.921. The van der Waals surface area contributed by atoms with Gasteiger partial charge >= 0.3 is 0 Å². The third-order valence-corrected chi connectivity index (χ3v) is 2.28. The van der Waals surface area contributed by atoms with Crippen molar-refractivity contribution in [2.75, 3.05) is 5.73 Å². The Morgan fingerprint density at radius 1 is 1.38 bits per heavy atom. The van der Waals surface area contributed by atoms with E-state index in [1.54, 1.807) is 10.9 Å². The molecule has 1 aliphatic carbocycles. The van der Waals surface area contributed by atoms with Crippen LogP contribution < -0.4 is 11.5 Å². The van der Waals surface area contributed by atoms with E-state index in [4.69, 9.17) is 11.5 Å². The lowest BCUT2D eigenvalue weighted by atomic mass is 10.3. The van der Waals surface area contributed by atoms with Gasteiger partial charge in [-0.3, -0.25) is 4.79 Å². The zero-order chi connectivity index (χ0) is 11.5. The van der Waals surface area contributed by atoms with Gasteiger partial charge in [0.2, 0.25) is 0 Å². The number of anilines is 1. The molecule has 0 fully saturated rings. The highest BCUT2D eigenvalue weighted by Gasteiger charge is 2.12. The molecule has 2 rings (SSSR count). The van der Waals surface area contributed by atoms with Gasteiger partial charge in [-0.1, -0.05) is 24.3 Å². The number of hydrogen-bond acceptors (Lipinski definition) is 3. The number of nitrogen functional groups attached to an aromatic ring is 1. The second-order valence-electron chi connectivity index (χ2n) is 3.41. The summed E-state index contributed by atoms with van der Waals surface area (Å²) in [5, 5.41) is 4.05. The molecule has 0 unspecified atom stereocenters. The predicted molar refractivity (Wildman–Crippen MR) is 62.3 cm³/mol. The van der Waals surface area contributed by atoms with Crippen LogP contribution in [0.15, 0.2) is 36.6 Å². The molecule has 0 aliphatic heterocycles. The fourth-order valence-electron chi connectivity index (χ4n) is 1.46. The van der Waals surface area contributed by atoms with Crippen LogP contribution in [0.1, 0.15) is 16.8 Å². The molecule has 82 valence electrons. The number of aromatic nitrogens is 2. The fourth-order valence-corrected chi connectivity index (χ4v) is 1.46. The number of nitrogens with zero attached hydrogens (tertiary/aromatic N) is 2. The molecule has 0 saturated heterocycles. The zero-order valence-corrected chi connectivity index (χ0v) is 8.63. The van der Waals surface area contributed by atoms with Crippen LogP contribution in [0.5, 0.6) is 0 Å². The van der Waals surface area contributed by atoms with Gasteiger partial charge in [0.1, 0.15) is 5.56 Å². The van der Waals surface area contributed by atoms with Gasteiger partial charge in [0, 0.05) is 18.3 Å². The number of hydrogen-bond donors (Lipinski definition) is 2. The Balaban J connectivity index is 2.38. The summed E-state index contributed by atoms with van der Waals surface area (Å²) in [7, 11) is 0. The average molecular weight is 216 g/mol. The highest BCUT2D eigenvalue weighted by molar-refractivity contribution is 5.97. The zero-order valence-electron chi connectivity index (χ0n) is 8.63. The lowest BCUT2D eigenvalue weighted by Crippen LogP contribution is -2.11. The highest BCUT2D eigenvalue weighted by atomic mass is 16.1. The van der Waals surface area contributed by atoms with Crippen LogP contribution in [-0.4, -0.2) is 15.7 Å². The van der Waals surface area contributed by atoms with Crippen molar-refractivity contribution in [3.63, 3.8) is 0 Å². The van der Waals surface area contributed by atoms with Gasteiger partial charge in [-0.15, -0.1) is 0 Å². The smallest absolute Gasteiger partial charge is 0.254 e. The van der Waals surface area contributed by atoms with Crippen molar-refractivity contribution in [1.82, 2.24) is 9.78 Å². The molecule has 5 nitrogen and oxygen atoms in total. The number of amides is 1. The Bertz CT molecular complexity index is 508. The molecule has 1 heterocycles. The molecule has 1 aliphatic rings. The standard InChI is InChI=1S/C11H12N4O/c12-10-9(11(13)16)7-15(14-10)8-5-3-1-2-4-6-8/h1-5,7H,6H2,(H2,12,14)(H2,13,16). The molecule has 0 bridgehead atoms. The first-order valence-corrected chi connectivity index (χ1v) is 4.86. The summed E-state index contributed by atoms with van der Waals surface area (Å²) in [6.45, 7) is 0. The number of rotatable bonds is 2. The van der Waals surface area contributed by atoms with E-state index in [9.17, 15) is 4.79 Å². The summed E-state index contributed by atoms with van der Waals surface area (Å²) in [6.07, 6.45) is 12.0. The number of carbonyl (C=O) groups excluding carboxylic acids is 1. The number of primary amides is 1. The number of nitrogens with two attached hydrogens (primary N) is 2. The summed E-state index contributed by atoms with van der Waals surface area (Å²) in [4.78, 5) is 11.0. The van der Waals surface area contributed by atoms with Crippen molar-refractivity contribution in [3.05, 3.63) is 42.1 Å². The Morgan fingerprint density at radius 3 is 2.88 bits per heavy atom. The monoisotopic (exact) mass is 216 g/mol. The van der Waals surface area contributed by atoms with E-state index < -0.39 is 5.91 Å². The molecule has 1 aromatic rings. The molecule has 16 heavy (non-hydrogen) atoms. The molecule has 5 heteroatoms. The second-order valence-corrected chi connectivity index (χ2v) is 3.41. The van der Waals surface area contributed by atoms with Crippen LogP contribution in [-0.2, 0) is 0 Å². The quantitative estimate of drug-likeness (QED) is 0.770. The number of allylic oxidation sites excluding steroid dienone is 6. The van der Waals surface area contributed by atoms with Crippen LogP contribution in [0.25, 0.3) is 5.70 Å². The molecule has 0 saturated carbocycles. The molecular formula is C11H12N4O. The van der Waals surface area contributed by atoms with Gasteiger partial charge in [-0.05, 0) is 6.08 Å². The van der Waals surface area contributed by atoms with E-state index in [2.05, 4.69) is 5.10 Å². The van der Waals surface area contributed by atoms with Gasteiger partial charge in [0.15, 0.2) is 5.82 Å². The van der Waals surface area contributed by atoms with E-state index in [1.807, 2.05) is 30.4 Å². The van der Waals surface area contributed by atoms with Crippen molar-refractivity contribution >= 4 is 17.4 Å². The summed E-state index contributed by atoms with van der Waals surface area (Å²) in [5.41, 5.74) is 11.9. The fraction of sp³-hybridized carbons (Fsp3) is 0.0909. The summed E-state index contributed by atoms with van der Waals surface area (Å²) >= 11 is 0. The molecule has 0 spiro atoms. The van der Waals surface area contributed by atoms with Crippen LogP contribution in [0.2, 0.25) is 0 Å². The Morgan fingerprint density at radius 2 is 2.19 bits per heavy atom. The van der Waals surface area contributed by atoms with Crippen molar-refractivity contribution in [2.24, 2.45) is 5.73 Å². The van der Waals surface area contributed by atoms with Crippen molar-refractivity contribution in [2.45, 2.75) is 6.42 Å². The maximum atomic E-state index is 11.0. The molecule has 0 atom stereocenters. The summed E-state index contributed by atoms with van der Waals surface area (Å²) in [5.74, 6) is -0.408. The van der Waals surface area contributed by atoms with Crippen LogP contribution in [0.3, 0.4) is 0 Å². The largest absolute Gasteiger partial charge is 0.382 e. The minimum atomic E-state index is -0.566. The normalized spacial score (nSPS) is 14.6. The van der Waals surface area contributed by atoms with Gasteiger partial charge in [-0.2, -0.15) is 5.10 Å². The third-order valence-electron chi connectivity index (χ3n) is 2.28. The lowest BCUT2D eigenvalue weighted by Gasteiger charge is -2.02. The maximum Gasteiger partial charge on any atom is 0.254 e. The van der Waals surface area contributed by atoms with Gasteiger partial charge in [-0.25, -0.2) is 4.68 Å². The minimum absolute atomic E-state index is 0.158. The molecule has 0 radical (unpaired) electrons. The van der Waals surface area contributed by atoms with Crippen molar-refractivity contribution < 1.29 is 4.79 Å². The molecule has 1 amide bonds. The maximum absolute atomic E-state index is 11.0. The van der Waals surface area contributed by atoms with E-state index >= 15 is 0 Å². The van der Waals surface area contributed by atoms with Gasteiger partial charge < -0.3 is 11.5 Å². The van der Waals surface area contributed by atoms with E-state index in [0.717, 1.165) is 12.1 Å². The van der Waals surface area contributed by atoms with Crippen molar-refractivity contribution in [3.8, 4) is 0 Å². The summed E-state index contributed by atoms with van der Waals surface area (Å²) in [6, 6.07) is 0. The lowest BCUT2D eigenvalue weighted by molar-refractivity contribution is 0.100. The highest BCUT2D eigenvalue weighted by Crippen LogP contribution is 2.16. The second kappa shape index (κ2) is 4.06. The first-order chi connectivity index (χ1) is 7.68. The minimum Gasteiger partial charge on any atom is -0.382 e. The van der Waals surface area contributed by atoms with Crippen LogP contribution >= 0.6 is 0 Å². The molecular weight excluding hydrogens is 204 g/mol. The first-order valence-electron chi connectivity index (χ1n) is 4.86.